The number of carbonyl (C=O) groups is 2. The normalized spacial score (nSPS) is 12.0. The van der Waals surface area contributed by atoms with Crippen molar-refractivity contribution < 1.29 is 19.8 Å². The van der Waals surface area contributed by atoms with Crippen LogP contribution in [-0.4, -0.2) is 28.6 Å². The second kappa shape index (κ2) is 8.70. The lowest BCUT2D eigenvalue weighted by Gasteiger charge is -2.17. The molecule has 0 fully saturated rings. The zero-order valence-electron chi connectivity index (χ0n) is 11.1. The van der Waals surface area contributed by atoms with Gasteiger partial charge in [0, 0.05) is 9.49 Å². The van der Waals surface area contributed by atoms with Crippen LogP contribution < -0.4 is 5.32 Å². The van der Waals surface area contributed by atoms with Gasteiger partial charge in [0.15, 0.2) is 0 Å². The Morgan fingerprint density at radius 1 is 1.29 bits per heavy atom. The quantitative estimate of drug-likeness (QED) is 0.423. The van der Waals surface area contributed by atoms with Crippen LogP contribution in [0, 0.1) is 16.6 Å². The minimum Gasteiger partial charge on any atom is -0.506 e. The molecule has 0 aliphatic carbocycles. The fourth-order valence-corrected chi connectivity index (χ4v) is 5.59. The number of carboxylic acid groups (broad SMARTS) is 1. The highest BCUT2D eigenvalue weighted by molar-refractivity contribution is 14.1. The number of hydrogen-bond acceptors (Lipinski definition) is 3. The van der Waals surface area contributed by atoms with Crippen LogP contribution in [0.3, 0.4) is 0 Å². The van der Waals surface area contributed by atoms with Gasteiger partial charge >= 0.3 is 5.97 Å². The van der Waals surface area contributed by atoms with Gasteiger partial charge in [0.1, 0.15) is 12.3 Å². The zero-order chi connectivity index (χ0) is 16.2. The number of carboxylic acids is 1. The van der Waals surface area contributed by atoms with E-state index in [1.165, 1.54) is 0 Å². The van der Waals surface area contributed by atoms with E-state index >= 15 is 0 Å². The van der Waals surface area contributed by atoms with Gasteiger partial charge in [-0.2, -0.15) is 0 Å². The number of benzene rings is 1. The highest BCUT2D eigenvalue weighted by Gasteiger charge is 2.22. The monoisotopic (exact) mass is 629 g/mol. The molecule has 1 atom stereocenters. The van der Waals surface area contributed by atoms with Gasteiger partial charge in [-0.1, -0.05) is 6.92 Å². The lowest BCUT2D eigenvalue weighted by atomic mass is 9.96. The van der Waals surface area contributed by atoms with E-state index in [-0.39, 0.29) is 24.1 Å². The van der Waals surface area contributed by atoms with E-state index in [1.54, 1.807) is 0 Å². The fraction of sp³-hybridized carbons (Fsp3) is 0.385. The average Bonchev–Trinajstić information content (AvgIpc) is 2.42. The summed E-state index contributed by atoms with van der Waals surface area (Å²) in [5.74, 6) is -1.42. The summed E-state index contributed by atoms with van der Waals surface area (Å²) in [5.41, 5.74) is 0.923. The summed E-state index contributed by atoms with van der Waals surface area (Å²) in [4.78, 5) is 22.5. The summed E-state index contributed by atoms with van der Waals surface area (Å²) < 4.78 is 2.51. The lowest BCUT2D eigenvalue weighted by molar-refractivity contribution is -0.138. The Labute approximate surface area is 163 Å². The predicted octanol–water partition coefficient (Wildman–Crippen LogP) is 2.98. The molecule has 0 radical (unpaired) electrons. The molecule has 5 nitrogen and oxygen atoms in total. The van der Waals surface area contributed by atoms with Crippen molar-refractivity contribution >= 4 is 79.6 Å². The summed E-state index contributed by atoms with van der Waals surface area (Å²) in [5, 5.41) is 21.0. The third kappa shape index (κ3) is 5.37. The van der Waals surface area contributed by atoms with Crippen LogP contribution in [-0.2, 0) is 16.0 Å². The molecule has 8 heteroatoms. The van der Waals surface area contributed by atoms with Crippen molar-refractivity contribution in [1.29, 1.82) is 0 Å². The number of halogens is 3. The molecule has 3 N–H and O–H groups in total. The summed E-state index contributed by atoms with van der Waals surface area (Å²) in [6, 6.07) is 1.87. The summed E-state index contributed by atoms with van der Waals surface area (Å²) in [6.45, 7) is 1.51. The molecular formula is C13H14I3NO4. The number of phenolic OH excluding ortho intramolecular Hbond substituents is 1. The Morgan fingerprint density at radius 2 is 1.90 bits per heavy atom. The van der Waals surface area contributed by atoms with Gasteiger partial charge in [-0.05, 0) is 92.2 Å². The van der Waals surface area contributed by atoms with Crippen LogP contribution in [0.15, 0.2) is 6.07 Å². The van der Waals surface area contributed by atoms with Crippen molar-refractivity contribution in [2.24, 2.45) is 5.92 Å². The summed E-state index contributed by atoms with van der Waals surface area (Å²) in [7, 11) is 0. The molecule has 0 saturated heterocycles. The summed E-state index contributed by atoms with van der Waals surface area (Å²) in [6.07, 6.45) is 1.08. The van der Waals surface area contributed by atoms with Crippen molar-refractivity contribution in [2.75, 3.05) is 6.54 Å². The number of aliphatic carboxylic acids is 1. The molecule has 1 aromatic rings. The number of hydrogen-bond donors (Lipinski definition) is 3. The number of nitrogens with one attached hydrogen (secondary N) is 1. The van der Waals surface area contributed by atoms with Gasteiger partial charge in [-0.25, -0.2) is 0 Å². The largest absolute Gasteiger partial charge is 0.506 e. The molecule has 1 aromatic carbocycles. The predicted molar refractivity (Wildman–Crippen MR) is 104 cm³/mol. The number of amides is 1. The molecule has 0 unspecified atom stereocenters. The molecule has 0 bridgehead atoms. The highest BCUT2D eigenvalue weighted by atomic mass is 127. The second-order valence-corrected chi connectivity index (χ2v) is 7.81. The minimum atomic E-state index is -1.06. The third-order valence-corrected chi connectivity index (χ3v) is 5.92. The summed E-state index contributed by atoms with van der Waals surface area (Å²) >= 11 is 6.33. The lowest BCUT2D eigenvalue weighted by Crippen LogP contribution is -2.35. The van der Waals surface area contributed by atoms with Crippen LogP contribution in [0.25, 0.3) is 0 Å². The Morgan fingerprint density at radius 3 is 2.43 bits per heavy atom. The van der Waals surface area contributed by atoms with Crippen molar-refractivity contribution in [3.8, 4) is 5.75 Å². The van der Waals surface area contributed by atoms with Gasteiger partial charge in [0.05, 0.1) is 7.14 Å². The van der Waals surface area contributed by atoms with E-state index in [1.807, 2.05) is 13.0 Å². The molecule has 0 saturated carbocycles. The molecule has 0 aliphatic rings. The molecule has 21 heavy (non-hydrogen) atoms. The number of rotatable bonds is 6. The van der Waals surface area contributed by atoms with Crippen molar-refractivity contribution in [3.05, 3.63) is 22.3 Å². The maximum Gasteiger partial charge on any atom is 0.322 e. The van der Waals surface area contributed by atoms with Crippen LogP contribution >= 0.6 is 67.8 Å². The fourth-order valence-electron chi connectivity index (χ4n) is 1.78. The topological polar surface area (TPSA) is 86.6 Å². The number of phenols is 1. The van der Waals surface area contributed by atoms with Crippen molar-refractivity contribution in [2.45, 2.75) is 19.8 Å². The second-order valence-electron chi connectivity index (χ2n) is 4.40. The minimum absolute atomic E-state index is 0.229. The van der Waals surface area contributed by atoms with E-state index in [0.29, 0.717) is 12.8 Å². The molecule has 0 spiro atoms. The molecule has 1 amide bonds. The molecule has 0 aliphatic heterocycles. The van der Waals surface area contributed by atoms with Crippen LogP contribution in [0.5, 0.6) is 5.75 Å². The van der Waals surface area contributed by atoms with E-state index < -0.39 is 5.97 Å². The van der Waals surface area contributed by atoms with E-state index in [4.69, 9.17) is 5.11 Å². The zero-order valence-corrected chi connectivity index (χ0v) is 17.6. The van der Waals surface area contributed by atoms with Crippen LogP contribution in [0.2, 0.25) is 0 Å². The Hall–Kier alpha value is 0.150. The van der Waals surface area contributed by atoms with Crippen LogP contribution in [0.1, 0.15) is 18.9 Å². The maximum absolute atomic E-state index is 12.0. The van der Waals surface area contributed by atoms with Gasteiger partial charge in [-0.15, -0.1) is 0 Å². The molecular weight excluding hydrogens is 615 g/mol. The molecule has 116 valence electrons. The SMILES string of the molecule is CC[C@@H](Cc1c(I)cc(I)c(O)c1I)C(=O)NCC(=O)O. The van der Waals surface area contributed by atoms with Gasteiger partial charge in [0.2, 0.25) is 5.91 Å². The van der Waals surface area contributed by atoms with E-state index in [0.717, 1.165) is 16.3 Å². The first-order valence-corrected chi connectivity index (χ1v) is 9.36. The number of aromatic hydroxyl groups is 1. The van der Waals surface area contributed by atoms with Crippen molar-refractivity contribution in [1.82, 2.24) is 5.32 Å². The first-order chi connectivity index (χ1) is 9.77. The molecule has 0 aromatic heterocycles. The van der Waals surface area contributed by atoms with Gasteiger partial charge < -0.3 is 15.5 Å². The van der Waals surface area contributed by atoms with E-state index in [2.05, 4.69) is 73.1 Å². The Balaban J connectivity index is 2.94. The third-order valence-electron chi connectivity index (χ3n) is 2.97. The smallest absolute Gasteiger partial charge is 0.322 e. The van der Waals surface area contributed by atoms with Gasteiger partial charge in [-0.3, -0.25) is 9.59 Å². The standard InChI is InChI=1S/C13H14I3NO4/c1-2-6(13(21)17-5-10(18)19)3-7-8(14)4-9(15)12(20)11(7)16/h4,6,20H,2-3,5H2,1H3,(H,17,21)(H,18,19)/t6-/m0/s1. The first kappa shape index (κ1) is 19.2. The Kier molecular flexibility index (Phi) is 7.95. The average molecular weight is 629 g/mol. The van der Waals surface area contributed by atoms with E-state index in [9.17, 15) is 14.7 Å². The highest BCUT2D eigenvalue weighted by Crippen LogP contribution is 2.34. The molecule has 1 rings (SSSR count). The Bertz CT molecular complexity index is 563. The van der Waals surface area contributed by atoms with Crippen LogP contribution in [0.4, 0.5) is 0 Å². The maximum atomic E-state index is 12.0. The van der Waals surface area contributed by atoms with Gasteiger partial charge in [0.25, 0.3) is 0 Å². The van der Waals surface area contributed by atoms with Crippen molar-refractivity contribution in [3.63, 3.8) is 0 Å². The number of carbonyl (C=O) groups excluding carboxylic acids is 1. The first-order valence-electron chi connectivity index (χ1n) is 6.12. The molecule has 0 heterocycles.